The van der Waals surface area contributed by atoms with E-state index in [9.17, 15) is 4.79 Å². The van der Waals surface area contributed by atoms with Crippen molar-refractivity contribution >= 4 is 11.6 Å². The van der Waals surface area contributed by atoms with Gasteiger partial charge in [-0.05, 0) is 37.6 Å². The molecule has 3 aromatic rings. The first-order chi connectivity index (χ1) is 13.8. The minimum absolute atomic E-state index is 0.110. The van der Waals surface area contributed by atoms with Crippen molar-refractivity contribution in [3.8, 4) is 5.75 Å². The molecule has 0 aliphatic carbocycles. The van der Waals surface area contributed by atoms with Crippen molar-refractivity contribution in [3.63, 3.8) is 0 Å². The summed E-state index contributed by atoms with van der Waals surface area (Å²) >= 11 is 0. The average molecular weight is 378 g/mol. The Bertz CT molecular complexity index is 850. The molecule has 0 spiro atoms. The molecule has 1 aromatic heterocycles. The van der Waals surface area contributed by atoms with Crippen LogP contribution in [0.5, 0.6) is 5.75 Å². The SMILES string of the molecule is CCOc1ccccc1NC(=O)[C@H](NCCCn1ccnc1)c1ccccc1. The zero-order chi connectivity index (χ0) is 19.6. The topological polar surface area (TPSA) is 68.2 Å². The first-order valence-corrected chi connectivity index (χ1v) is 9.54. The van der Waals surface area contributed by atoms with Gasteiger partial charge in [0, 0.05) is 18.9 Å². The Labute approximate surface area is 165 Å². The molecule has 28 heavy (non-hydrogen) atoms. The summed E-state index contributed by atoms with van der Waals surface area (Å²) < 4.78 is 7.64. The van der Waals surface area contributed by atoms with Crippen LogP contribution in [0.25, 0.3) is 0 Å². The zero-order valence-corrected chi connectivity index (χ0v) is 16.0. The highest BCUT2D eigenvalue weighted by Gasteiger charge is 2.21. The summed E-state index contributed by atoms with van der Waals surface area (Å²) in [5.41, 5.74) is 1.60. The molecule has 2 aromatic carbocycles. The summed E-state index contributed by atoms with van der Waals surface area (Å²) in [7, 11) is 0. The number of benzene rings is 2. The Balaban J connectivity index is 1.67. The minimum Gasteiger partial charge on any atom is -0.492 e. The van der Waals surface area contributed by atoms with E-state index in [0.717, 1.165) is 18.5 Å². The van der Waals surface area contributed by atoms with Gasteiger partial charge < -0.3 is 19.9 Å². The number of para-hydroxylation sites is 2. The Morgan fingerprint density at radius 2 is 1.93 bits per heavy atom. The predicted octanol–water partition coefficient (Wildman–Crippen LogP) is 3.64. The number of carbonyl (C=O) groups excluding carboxylic acids is 1. The second-order valence-corrected chi connectivity index (χ2v) is 6.37. The number of ether oxygens (including phenoxy) is 1. The fourth-order valence-electron chi connectivity index (χ4n) is 2.99. The number of rotatable bonds is 10. The second-order valence-electron chi connectivity index (χ2n) is 6.37. The number of carbonyl (C=O) groups is 1. The largest absolute Gasteiger partial charge is 0.492 e. The van der Waals surface area contributed by atoms with Gasteiger partial charge in [0.15, 0.2) is 0 Å². The molecule has 0 aliphatic heterocycles. The van der Waals surface area contributed by atoms with E-state index in [0.29, 0.717) is 24.6 Å². The summed E-state index contributed by atoms with van der Waals surface area (Å²) in [4.78, 5) is 17.1. The van der Waals surface area contributed by atoms with Gasteiger partial charge in [-0.1, -0.05) is 42.5 Å². The molecule has 0 saturated heterocycles. The summed E-state index contributed by atoms with van der Waals surface area (Å²) in [6.07, 6.45) is 6.39. The standard InChI is InChI=1S/C22H26N4O2/c1-2-28-20-12-7-6-11-19(20)25-22(27)21(18-9-4-3-5-10-18)24-13-8-15-26-16-14-23-17-26/h3-7,9-12,14,16-17,21,24H,2,8,13,15H2,1H3,(H,25,27)/t21-/m1/s1. The molecule has 1 amide bonds. The molecule has 2 N–H and O–H groups in total. The lowest BCUT2D eigenvalue weighted by atomic mass is 10.1. The first kappa shape index (κ1) is 19.6. The highest BCUT2D eigenvalue weighted by atomic mass is 16.5. The lowest BCUT2D eigenvalue weighted by Gasteiger charge is -2.20. The lowest BCUT2D eigenvalue weighted by molar-refractivity contribution is -0.118. The molecule has 0 aliphatic rings. The Morgan fingerprint density at radius 3 is 2.68 bits per heavy atom. The van der Waals surface area contributed by atoms with Crippen LogP contribution < -0.4 is 15.4 Å². The van der Waals surface area contributed by atoms with Crippen LogP contribution in [0.4, 0.5) is 5.69 Å². The number of hydrogen-bond donors (Lipinski definition) is 2. The third-order valence-corrected chi connectivity index (χ3v) is 4.34. The lowest BCUT2D eigenvalue weighted by Crippen LogP contribution is -2.34. The summed E-state index contributed by atoms with van der Waals surface area (Å²) in [5.74, 6) is 0.561. The predicted molar refractivity (Wildman–Crippen MR) is 110 cm³/mol. The fraction of sp³-hybridized carbons (Fsp3) is 0.273. The van der Waals surface area contributed by atoms with E-state index in [2.05, 4.69) is 15.6 Å². The molecule has 6 nitrogen and oxygen atoms in total. The van der Waals surface area contributed by atoms with Crippen molar-refractivity contribution in [1.82, 2.24) is 14.9 Å². The van der Waals surface area contributed by atoms with Crippen LogP contribution in [0.1, 0.15) is 24.9 Å². The molecule has 3 rings (SSSR count). The third-order valence-electron chi connectivity index (χ3n) is 4.34. The Kier molecular flexibility index (Phi) is 7.21. The van der Waals surface area contributed by atoms with Crippen LogP contribution in [0.2, 0.25) is 0 Å². The van der Waals surface area contributed by atoms with E-state index in [-0.39, 0.29) is 5.91 Å². The van der Waals surface area contributed by atoms with Gasteiger partial charge >= 0.3 is 0 Å². The van der Waals surface area contributed by atoms with Gasteiger partial charge in [-0.3, -0.25) is 4.79 Å². The van der Waals surface area contributed by atoms with Crippen LogP contribution >= 0.6 is 0 Å². The molecule has 0 unspecified atom stereocenters. The maximum absolute atomic E-state index is 13.0. The number of nitrogens with zero attached hydrogens (tertiary/aromatic N) is 2. The highest BCUT2D eigenvalue weighted by Crippen LogP contribution is 2.25. The molecule has 0 radical (unpaired) electrons. The number of hydrogen-bond acceptors (Lipinski definition) is 4. The van der Waals surface area contributed by atoms with Crippen LogP contribution in [0.15, 0.2) is 73.3 Å². The van der Waals surface area contributed by atoms with Gasteiger partial charge in [-0.15, -0.1) is 0 Å². The van der Waals surface area contributed by atoms with Crippen LogP contribution in [0, 0.1) is 0 Å². The highest BCUT2D eigenvalue weighted by molar-refractivity contribution is 5.96. The Hall–Kier alpha value is -3.12. The summed E-state index contributed by atoms with van der Waals surface area (Å²) in [6, 6.07) is 16.8. The Morgan fingerprint density at radius 1 is 1.14 bits per heavy atom. The molecule has 1 heterocycles. The van der Waals surface area contributed by atoms with Crippen LogP contribution in [-0.2, 0) is 11.3 Å². The van der Waals surface area contributed by atoms with E-state index in [1.165, 1.54) is 0 Å². The van der Waals surface area contributed by atoms with Crippen molar-refractivity contribution in [1.29, 1.82) is 0 Å². The van der Waals surface area contributed by atoms with Gasteiger partial charge in [-0.2, -0.15) is 0 Å². The number of imidazole rings is 1. The van der Waals surface area contributed by atoms with E-state index >= 15 is 0 Å². The number of anilines is 1. The van der Waals surface area contributed by atoms with E-state index in [4.69, 9.17) is 4.74 Å². The van der Waals surface area contributed by atoms with Gasteiger partial charge in [0.2, 0.25) is 5.91 Å². The minimum atomic E-state index is -0.446. The number of aromatic nitrogens is 2. The van der Waals surface area contributed by atoms with Crippen LogP contribution in [0.3, 0.4) is 0 Å². The normalized spacial score (nSPS) is 11.8. The average Bonchev–Trinajstić information content (AvgIpc) is 3.24. The smallest absolute Gasteiger partial charge is 0.246 e. The molecule has 146 valence electrons. The van der Waals surface area contributed by atoms with E-state index in [1.807, 2.05) is 72.3 Å². The summed E-state index contributed by atoms with van der Waals surface area (Å²) in [5, 5.41) is 6.39. The van der Waals surface area contributed by atoms with Crippen molar-refractivity contribution in [2.75, 3.05) is 18.5 Å². The first-order valence-electron chi connectivity index (χ1n) is 9.54. The number of nitrogens with one attached hydrogen (secondary N) is 2. The monoisotopic (exact) mass is 378 g/mol. The molecule has 0 bridgehead atoms. The molecule has 1 atom stereocenters. The molecule has 0 fully saturated rings. The maximum Gasteiger partial charge on any atom is 0.246 e. The van der Waals surface area contributed by atoms with E-state index in [1.54, 1.807) is 12.5 Å². The molecule has 6 heteroatoms. The quantitative estimate of drug-likeness (QED) is 0.529. The van der Waals surface area contributed by atoms with Crippen molar-refractivity contribution in [3.05, 3.63) is 78.9 Å². The van der Waals surface area contributed by atoms with Crippen LogP contribution in [-0.4, -0.2) is 28.6 Å². The molecule has 0 saturated carbocycles. The summed E-state index contributed by atoms with van der Waals surface area (Å²) in [6.45, 7) is 4.02. The number of amides is 1. The molecular weight excluding hydrogens is 352 g/mol. The number of aryl methyl sites for hydroxylation is 1. The van der Waals surface area contributed by atoms with Crippen molar-refractivity contribution in [2.24, 2.45) is 0 Å². The van der Waals surface area contributed by atoms with Gasteiger partial charge in [0.25, 0.3) is 0 Å². The second kappa shape index (κ2) is 10.3. The van der Waals surface area contributed by atoms with Crippen molar-refractivity contribution < 1.29 is 9.53 Å². The zero-order valence-electron chi connectivity index (χ0n) is 16.0. The third kappa shape index (κ3) is 5.44. The molecular formula is C22H26N4O2. The fourth-order valence-corrected chi connectivity index (χ4v) is 2.99. The van der Waals surface area contributed by atoms with Gasteiger partial charge in [0.05, 0.1) is 18.6 Å². The maximum atomic E-state index is 13.0. The van der Waals surface area contributed by atoms with Gasteiger partial charge in [0.1, 0.15) is 11.8 Å². The van der Waals surface area contributed by atoms with Crippen molar-refractivity contribution in [2.45, 2.75) is 25.9 Å². The van der Waals surface area contributed by atoms with Gasteiger partial charge in [-0.25, -0.2) is 4.98 Å². The van der Waals surface area contributed by atoms with E-state index < -0.39 is 6.04 Å².